The smallest absolute Gasteiger partial charge is 0.236 e. The third kappa shape index (κ3) is 3.35. The first-order chi connectivity index (χ1) is 15.2. The highest BCUT2D eigenvalue weighted by molar-refractivity contribution is 6.03. The fraction of sp³-hybridized carbons (Fsp3) is 0.148. The van der Waals surface area contributed by atoms with Crippen molar-refractivity contribution in [3.05, 3.63) is 108 Å². The van der Waals surface area contributed by atoms with E-state index in [-0.39, 0.29) is 11.9 Å². The zero-order valence-electron chi connectivity index (χ0n) is 17.2. The van der Waals surface area contributed by atoms with Crippen molar-refractivity contribution in [2.75, 3.05) is 12.0 Å². The van der Waals surface area contributed by atoms with Gasteiger partial charge in [0.25, 0.3) is 0 Å². The maximum absolute atomic E-state index is 13.3. The van der Waals surface area contributed by atoms with Crippen molar-refractivity contribution in [3.8, 4) is 5.75 Å². The Kier molecular flexibility index (Phi) is 4.92. The van der Waals surface area contributed by atoms with E-state index in [1.165, 1.54) is 0 Å². The summed E-state index contributed by atoms with van der Waals surface area (Å²) < 4.78 is 5.29. The summed E-state index contributed by atoms with van der Waals surface area (Å²) in [4.78, 5) is 15.1. The minimum Gasteiger partial charge on any atom is -0.497 e. The third-order valence-corrected chi connectivity index (χ3v) is 6.09. The van der Waals surface area contributed by atoms with Gasteiger partial charge >= 0.3 is 0 Å². The van der Waals surface area contributed by atoms with Crippen LogP contribution in [0.2, 0.25) is 0 Å². The molecule has 5 rings (SSSR count). The summed E-state index contributed by atoms with van der Waals surface area (Å²) in [6.07, 6.45) is -0.899. The van der Waals surface area contributed by atoms with E-state index >= 15 is 0 Å². The molecular formula is C27H23NO3. The van der Waals surface area contributed by atoms with E-state index in [9.17, 15) is 9.90 Å². The van der Waals surface area contributed by atoms with Gasteiger partial charge in [0.15, 0.2) is 0 Å². The molecule has 0 bridgehead atoms. The van der Waals surface area contributed by atoms with Crippen LogP contribution in [0.4, 0.5) is 5.69 Å². The maximum atomic E-state index is 13.3. The van der Waals surface area contributed by atoms with Crippen molar-refractivity contribution in [3.63, 3.8) is 0 Å². The van der Waals surface area contributed by atoms with Crippen molar-refractivity contribution >= 4 is 22.4 Å². The van der Waals surface area contributed by atoms with Crippen LogP contribution in [-0.4, -0.2) is 18.1 Å². The lowest BCUT2D eigenvalue weighted by Crippen LogP contribution is -2.57. The number of nitrogens with zero attached hydrogens (tertiary/aromatic N) is 1. The third-order valence-electron chi connectivity index (χ3n) is 6.09. The number of hydrogen-bond acceptors (Lipinski definition) is 3. The molecule has 1 saturated heterocycles. The Balaban J connectivity index is 1.54. The number of benzene rings is 4. The first-order valence-electron chi connectivity index (χ1n) is 10.4. The minimum absolute atomic E-state index is 0.0762. The van der Waals surface area contributed by atoms with E-state index in [0.29, 0.717) is 0 Å². The molecule has 1 aliphatic rings. The molecule has 3 atom stereocenters. The second-order valence-electron chi connectivity index (χ2n) is 7.84. The summed E-state index contributed by atoms with van der Waals surface area (Å²) in [7, 11) is 1.63. The van der Waals surface area contributed by atoms with Gasteiger partial charge in [-0.3, -0.25) is 4.79 Å². The lowest BCUT2D eigenvalue weighted by Gasteiger charge is -2.49. The van der Waals surface area contributed by atoms with Gasteiger partial charge in [0.2, 0.25) is 5.91 Å². The number of para-hydroxylation sites is 1. The Morgan fingerprint density at radius 1 is 0.839 bits per heavy atom. The number of aliphatic hydroxyl groups is 1. The SMILES string of the molecule is COc1ccc(C2C(C(O)c3ccc4ccccc4c3)C(=O)N2c2ccccc2)cc1. The number of methoxy groups -OCH3 is 1. The Bertz CT molecular complexity index is 1220. The van der Waals surface area contributed by atoms with Gasteiger partial charge in [0.05, 0.1) is 25.2 Å². The number of amides is 1. The van der Waals surface area contributed by atoms with E-state index in [4.69, 9.17) is 4.74 Å². The molecule has 0 radical (unpaired) electrons. The van der Waals surface area contributed by atoms with Crippen molar-refractivity contribution in [2.24, 2.45) is 5.92 Å². The molecule has 1 fully saturated rings. The molecule has 0 aliphatic carbocycles. The topological polar surface area (TPSA) is 49.8 Å². The van der Waals surface area contributed by atoms with Crippen LogP contribution in [0.25, 0.3) is 10.8 Å². The van der Waals surface area contributed by atoms with Gasteiger partial charge in [0, 0.05) is 5.69 Å². The van der Waals surface area contributed by atoms with E-state index in [2.05, 4.69) is 0 Å². The molecule has 31 heavy (non-hydrogen) atoms. The van der Waals surface area contributed by atoms with E-state index in [0.717, 1.165) is 33.3 Å². The summed E-state index contributed by atoms with van der Waals surface area (Å²) >= 11 is 0. The van der Waals surface area contributed by atoms with Gasteiger partial charge in [-0.1, -0.05) is 66.7 Å². The number of hydrogen-bond donors (Lipinski definition) is 1. The Morgan fingerprint density at radius 3 is 2.23 bits per heavy atom. The van der Waals surface area contributed by atoms with Gasteiger partial charge in [-0.05, 0) is 52.2 Å². The van der Waals surface area contributed by atoms with E-state index in [1.54, 1.807) is 12.0 Å². The molecule has 1 amide bonds. The first kappa shape index (κ1) is 19.3. The lowest BCUT2D eigenvalue weighted by molar-refractivity contribution is -0.136. The fourth-order valence-electron chi connectivity index (χ4n) is 4.45. The summed E-state index contributed by atoms with van der Waals surface area (Å²) in [5, 5.41) is 13.5. The Labute approximate surface area is 181 Å². The second kappa shape index (κ2) is 7.89. The molecule has 0 spiro atoms. The van der Waals surface area contributed by atoms with Crippen LogP contribution in [0.15, 0.2) is 97.1 Å². The standard InChI is InChI=1S/C27H23NO3/c1-31-23-15-13-19(14-16-23)25-24(27(30)28(25)22-9-3-2-4-10-22)26(29)21-12-11-18-7-5-6-8-20(18)17-21/h2-17,24-26,29H,1H3. The predicted molar refractivity (Wildman–Crippen MR) is 122 cm³/mol. The van der Waals surface area contributed by atoms with Crippen LogP contribution < -0.4 is 9.64 Å². The van der Waals surface area contributed by atoms with Crippen molar-refractivity contribution in [1.82, 2.24) is 0 Å². The molecule has 3 unspecified atom stereocenters. The largest absolute Gasteiger partial charge is 0.497 e. The van der Waals surface area contributed by atoms with Gasteiger partial charge in [-0.15, -0.1) is 0 Å². The summed E-state index contributed by atoms with van der Waals surface area (Å²) in [6.45, 7) is 0. The highest BCUT2D eigenvalue weighted by atomic mass is 16.5. The molecule has 4 heteroatoms. The lowest BCUT2D eigenvalue weighted by atomic mass is 9.76. The number of carbonyl (C=O) groups is 1. The van der Waals surface area contributed by atoms with Crippen LogP contribution in [0.1, 0.15) is 23.3 Å². The predicted octanol–water partition coefficient (Wildman–Crippen LogP) is 5.29. The molecular weight excluding hydrogens is 386 g/mol. The zero-order valence-corrected chi connectivity index (χ0v) is 17.2. The quantitative estimate of drug-likeness (QED) is 0.456. The number of anilines is 1. The van der Waals surface area contributed by atoms with Crippen molar-refractivity contribution < 1.29 is 14.6 Å². The number of fused-ring (bicyclic) bond motifs is 1. The van der Waals surface area contributed by atoms with Gasteiger partial charge in [0.1, 0.15) is 5.75 Å². The van der Waals surface area contributed by atoms with Crippen LogP contribution in [-0.2, 0) is 4.79 Å². The molecule has 4 nitrogen and oxygen atoms in total. The van der Waals surface area contributed by atoms with Gasteiger partial charge in [-0.2, -0.15) is 0 Å². The fourth-order valence-corrected chi connectivity index (χ4v) is 4.45. The number of carbonyl (C=O) groups excluding carboxylic acids is 1. The minimum atomic E-state index is -0.899. The molecule has 1 heterocycles. The molecule has 1 aliphatic heterocycles. The van der Waals surface area contributed by atoms with Crippen LogP contribution in [0, 0.1) is 5.92 Å². The summed E-state index contributed by atoms with van der Waals surface area (Å²) in [5.41, 5.74) is 2.55. The van der Waals surface area contributed by atoms with Crippen LogP contribution in [0.5, 0.6) is 5.75 Å². The monoisotopic (exact) mass is 409 g/mol. The zero-order chi connectivity index (χ0) is 21.4. The van der Waals surface area contributed by atoms with E-state index in [1.807, 2.05) is 97.1 Å². The number of aliphatic hydroxyl groups excluding tert-OH is 1. The first-order valence-corrected chi connectivity index (χ1v) is 10.4. The maximum Gasteiger partial charge on any atom is 0.236 e. The highest BCUT2D eigenvalue weighted by Crippen LogP contribution is 2.49. The van der Waals surface area contributed by atoms with Gasteiger partial charge in [-0.25, -0.2) is 0 Å². The summed E-state index contributed by atoms with van der Waals surface area (Å²) in [5.74, 6) is 0.120. The molecule has 154 valence electrons. The Hall–Kier alpha value is -3.63. The van der Waals surface area contributed by atoms with Crippen molar-refractivity contribution in [2.45, 2.75) is 12.1 Å². The molecule has 4 aromatic carbocycles. The molecule has 4 aromatic rings. The van der Waals surface area contributed by atoms with Crippen molar-refractivity contribution in [1.29, 1.82) is 0 Å². The summed E-state index contributed by atoms with van der Waals surface area (Å²) in [6, 6.07) is 31.0. The average molecular weight is 409 g/mol. The number of β-lactam (4-membered cyclic amide) rings is 1. The van der Waals surface area contributed by atoms with Crippen LogP contribution >= 0.6 is 0 Å². The molecule has 0 saturated carbocycles. The van der Waals surface area contributed by atoms with E-state index < -0.39 is 12.0 Å². The second-order valence-corrected chi connectivity index (χ2v) is 7.84. The Morgan fingerprint density at radius 2 is 1.52 bits per heavy atom. The number of ether oxygens (including phenoxy) is 1. The molecule has 0 aromatic heterocycles. The molecule has 1 N–H and O–H groups in total. The van der Waals surface area contributed by atoms with Crippen LogP contribution in [0.3, 0.4) is 0 Å². The highest BCUT2D eigenvalue weighted by Gasteiger charge is 2.52. The van der Waals surface area contributed by atoms with Gasteiger partial charge < -0.3 is 14.7 Å². The normalized spacial score (nSPS) is 19.2. The average Bonchev–Trinajstić information content (AvgIpc) is 2.83. The number of rotatable bonds is 5.